The SMILES string of the molecule is CC(CCCC(N=C=O)(C1CCCCC1)C1CCCCC1)N=C=O. The summed E-state index contributed by atoms with van der Waals surface area (Å²) in [6.07, 6.45) is 18.9. The molecule has 0 heterocycles. The summed E-state index contributed by atoms with van der Waals surface area (Å²) < 4.78 is 0. The minimum atomic E-state index is -0.215. The molecule has 4 heteroatoms. The quantitative estimate of drug-likeness (QED) is 0.458. The van der Waals surface area contributed by atoms with Crippen LogP contribution >= 0.6 is 0 Å². The molecular weight excluding hydrogens is 300 g/mol. The smallest absolute Gasteiger partial charge is 0.211 e. The van der Waals surface area contributed by atoms with Crippen LogP contribution in [0, 0.1) is 11.8 Å². The molecule has 0 saturated heterocycles. The zero-order valence-electron chi connectivity index (χ0n) is 15.1. The maximum absolute atomic E-state index is 11.3. The highest BCUT2D eigenvalue weighted by Crippen LogP contribution is 2.48. The first-order valence-corrected chi connectivity index (χ1v) is 9.89. The molecule has 0 aromatic carbocycles. The van der Waals surface area contributed by atoms with Gasteiger partial charge in [0.15, 0.2) is 0 Å². The predicted octanol–water partition coefficient (Wildman–Crippen LogP) is 5.12. The highest BCUT2D eigenvalue weighted by Gasteiger charge is 2.45. The van der Waals surface area contributed by atoms with Crippen LogP contribution in [0.5, 0.6) is 0 Å². The predicted molar refractivity (Wildman–Crippen MR) is 95.4 cm³/mol. The number of nitrogens with zero attached hydrogens (tertiary/aromatic N) is 2. The Balaban J connectivity index is 2.16. The number of hydrogen-bond acceptors (Lipinski definition) is 4. The van der Waals surface area contributed by atoms with E-state index in [-0.39, 0.29) is 11.6 Å². The molecule has 2 rings (SSSR count). The molecule has 0 amide bonds. The minimum absolute atomic E-state index is 0.0122. The zero-order chi connectivity index (χ0) is 17.3. The second-order valence-corrected chi connectivity index (χ2v) is 7.83. The largest absolute Gasteiger partial charge is 0.235 e. The van der Waals surface area contributed by atoms with Crippen LogP contribution in [0.1, 0.15) is 90.4 Å². The lowest BCUT2D eigenvalue weighted by Crippen LogP contribution is -2.45. The van der Waals surface area contributed by atoms with E-state index in [1.807, 2.05) is 13.0 Å². The topological polar surface area (TPSA) is 58.9 Å². The van der Waals surface area contributed by atoms with Gasteiger partial charge in [-0.1, -0.05) is 38.5 Å². The van der Waals surface area contributed by atoms with E-state index in [2.05, 4.69) is 9.98 Å². The van der Waals surface area contributed by atoms with Crippen LogP contribution in [0.3, 0.4) is 0 Å². The highest BCUT2D eigenvalue weighted by molar-refractivity contribution is 5.35. The molecule has 2 fully saturated rings. The fourth-order valence-electron chi connectivity index (χ4n) is 5.11. The van der Waals surface area contributed by atoms with E-state index in [0.29, 0.717) is 11.8 Å². The molecule has 1 atom stereocenters. The molecule has 0 aliphatic heterocycles. The summed E-state index contributed by atoms with van der Waals surface area (Å²) in [4.78, 5) is 30.1. The van der Waals surface area contributed by atoms with Crippen LogP contribution in [0.25, 0.3) is 0 Å². The molecule has 4 nitrogen and oxygen atoms in total. The lowest BCUT2D eigenvalue weighted by atomic mass is 9.62. The first kappa shape index (κ1) is 19.1. The summed E-state index contributed by atoms with van der Waals surface area (Å²) >= 11 is 0. The second-order valence-electron chi connectivity index (χ2n) is 7.83. The van der Waals surface area contributed by atoms with Crippen LogP contribution in [-0.4, -0.2) is 23.7 Å². The summed E-state index contributed by atoms with van der Waals surface area (Å²) in [6, 6.07) is 0.0122. The molecule has 0 aromatic rings. The molecular formula is C20H32N2O2. The normalized spacial score (nSPS) is 21.5. The molecule has 0 aromatic heterocycles. The van der Waals surface area contributed by atoms with Gasteiger partial charge in [0.1, 0.15) is 0 Å². The summed E-state index contributed by atoms with van der Waals surface area (Å²) in [5, 5.41) is 0. The van der Waals surface area contributed by atoms with Gasteiger partial charge in [0.2, 0.25) is 12.2 Å². The molecule has 1 unspecified atom stereocenters. The lowest BCUT2D eigenvalue weighted by molar-refractivity contribution is 0.0958. The van der Waals surface area contributed by atoms with Gasteiger partial charge in [-0.25, -0.2) is 14.6 Å². The first-order chi connectivity index (χ1) is 11.7. The number of carbonyl (C=O) groups excluding carboxylic acids is 2. The van der Waals surface area contributed by atoms with E-state index >= 15 is 0 Å². The van der Waals surface area contributed by atoms with Gasteiger partial charge in [-0.2, -0.15) is 4.99 Å². The maximum atomic E-state index is 11.3. The maximum Gasteiger partial charge on any atom is 0.235 e. The van der Waals surface area contributed by atoms with Crippen molar-refractivity contribution < 1.29 is 9.59 Å². The van der Waals surface area contributed by atoms with Gasteiger partial charge in [0.05, 0.1) is 11.6 Å². The second kappa shape index (κ2) is 9.91. The standard InChI is InChI=1S/C20H32N2O2/c1-17(21-15-23)9-8-14-20(22-16-24,18-10-4-2-5-11-18)19-12-6-3-7-13-19/h17-19H,2-14H2,1H3. The fraction of sp³-hybridized carbons (Fsp3) is 0.900. The molecule has 0 bridgehead atoms. The molecule has 0 spiro atoms. The molecule has 0 N–H and O–H groups in total. The third-order valence-electron chi connectivity index (χ3n) is 6.35. The highest BCUT2D eigenvalue weighted by atomic mass is 16.1. The van der Waals surface area contributed by atoms with Crippen LogP contribution in [-0.2, 0) is 9.59 Å². The van der Waals surface area contributed by atoms with Crippen molar-refractivity contribution in [2.24, 2.45) is 21.8 Å². The van der Waals surface area contributed by atoms with Crippen LogP contribution < -0.4 is 0 Å². The average Bonchev–Trinajstić information content (AvgIpc) is 2.63. The Morgan fingerprint density at radius 3 is 1.92 bits per heavy atom. The molecule has 134 valence electrons. The van der Waals surface area contributed by atoms with E-state index in [1.54, 1.807) is 6.08 Å². The van der Waals surface area contributed by atoms with E-state index < -0.39 is 0 Å². The Bertz CT molecular complexity index is 448. The van der Waals surface area contributed by atoms with Crippen molar-refractivity contribution in [2.45, 2.75) is 102 Å². The van der Waals surface area contributed by atoms with Gasteiger partial charge in [-0.3, -0.25) is 0 Å². The van der Waals surface area contributed by atoms with Gasteiger partial charge in [-0.15, -0.1) is 0 Å². The molecule has 2 aliphatic rings. The summed E-state index contributed by atoms with van der Waals surface area (Å²) in [5.41, 5.74) is -0.215. The van der Waals surface area contributed by atoms with Crippen molar-refractivity contribution in [3.05, 3.63) is 0 Å². The molecule has 2 aliphatic carbocycles. The Morgan fingerprint density at radius 1 is 0.917 bits per heavy atom. The van der Waals surface area contributed by atoms with Crippen molar-refractivity contribution in [3.8, 4) is 0 Å². The van der Waals surface area contributed by atoms with Crippen molar-refractivity contribution in [1.82, 2.24) is 0 Å². The molecule has 24 heavy (non-hydrogen) atoms. The minimum Gasteiger partial charge on any atom is -0.211 e. The van der Waals surface area contributed by atoms with Crippen LogP contribution in [0.15, 0.2) is 9.98 Å². The Morgan fingerprint density at radius 2 is 1.46 bits per heavy atom. The van der Waals surface area contributed by atoms with Crippen molar-refractivity contribution in [1.29, 1.82) is 0 Å². The summed E-state index contributed by atoms with van der Waals surface area (Å²) in [5.74, 6) is 1.06. The fourth-order valence-corrected chi connectivity index (χ4v) is 5.11. The first-order valence-electron chi connectivity index (χ1n) is 9.89. The van der Waals surface area contributed by atoms with Gasteiger partial charge >= 0.3 is 0 Å². The Hall–Kier alpha value is -1.24. The number of rotatable bonds is 8. The van der Waals surface area contributed by atoms with Gasteiger partial charge in [0.25, 0.3) is 0 Å². The van der Waals surface area contributed by atoms with E-state index in [4.69, 9.17) is 0 Å². The van der Waals surface area contributed by atoms with Gasteiger partial charge in [0, 0.05) is 0 Å². The number of isocyanates is 2. The van der Waals surface area contributed by atoms with Crippen molar-refractivity contribution >= 4 is 12.2 Å². The van der Waals surface area contributed by atoms with Crippen LogP contribution in [0.4, 0.5) is 0 Å². The van der Waals surface area contributed by atoms with E-state index in [0.717, 1.165) is 19.3 Å². The van der Waals surface area contributed by atoms with Crippen molar-refractivity contribution in [3.63, 3.8) is 0 Å². The summed E-state index contributed by atoms with van der Waals surface area (Å²) in [7, 11) is 0. The third kappa shape index (κ3) is 4.88. The number of aliphatic imine (C=N–C) groups is 2. The van der Waals surface area contributed by atoms with Crippen LogP contribution in [0.2, 0.25) is 0 Å². The van der Waals surface area contributed by atoms with E-state index in [9.17, 15) is 9.59 Å². The monoisotopic (exact) mass is 332 g/mol. The molecule has 2 saturated carbocycles. The third-order valence-corrected chi connectivity index (χ3v) is 6.35. The zero-order valence-corrected chi connectivity index (χ0v) is 15.1. The Labute approximate surface area is 146 Å². The van der Waals surface area contributed by atoms with Crippen molar-refractivity contribution in [2.75, 3.05) is 0 Å². The Kier molecular flexibility index (Phi) is 7.88. The number of hydrogen-bond donors (Lipinski definition) is 0. The molecule has 0 radical (unpaired) electrons. The van der Waals surface area contributed by atoms with Gasteiger partial charge < -0.3 is 0 Å². The lowest BCUT2D eigenvalue weighted by Gasteiger charge is -2.46. The average molecular weight is 332 g/mol. The van der Waals surface area contributed by atoms with Gasteiger partial charge in [-0.05, 0) is 63.7 Å². The summed E-state index contributed by atoms with van der Waals surface area (Å²) in [6.45, 7) is 1.96. The van der Waals surface area contributed by atoms with E-state index in [1.165, 1.54) is 64.2 Å².